The van der Waals surface area contributed by atoms with E-state index in [0.29, 0.717) is 13.1 Å². The Bertz CT molecular complexity index is 735. The number of guanidine groups is 1. The maximum atomic E-state index is 13.4. The number of aromatic nitrogens is 2. The summed E-state index contributed by atoms with van der Waals surface area (Å²) in [7, 11) is 5.70. The van der Waals surface area contributed by atoms with Crippen molar-refractivity contribution in [3.05, 3.63) is 52.6 Å². The van der Waals surface area contributed by atoms with Crippen LogP contribution < -0.4 is 5.32 Å². The molecular weight excluding hydrogens is 317 g/mol. The van der Waals surface area contributed by atoms with Crippen LogP contribution in [0.15, 0.2) is 29.3 Å². The van der Waals surface area contributed by atoms with Gasteiger partial charge in [-0.2, -0.15) is 5.10 Å². The summed E-state index contributed by atoms with van der Waals surface area (Å²) in [6.45, 7) is 5.53. The molecule has 0 saturated carbocycles. The van der Waals surface area contributed by atoms with Crippen molar-refractivity contribution in [2.75, 3.05) is 14.1 Å². The number of hydrogen-bond donors (Lipinski definition) is 1. The molecule has 0 radical (unpaired) electrons. The van der Waals surface area contributed by atoms with Crippen molar-refractivity contribution in [1.29, 1.82) is 0 Å². The number of benzene rings is 1. The van der Waals surface area contributed by atoms with Crippen LogP contribution in [0.2, 0.25) is 0 Å². The first-order valence-corrected chi connectivity index (χ1v) is 8.69. The quantitative estimate of drug-likeness (QED) is 0.647. The van der Waals surface area contributed by atoms with Crippen LogP contribution in [0.4, 0.5) is 4.39 Å². The summed E-state index contributed by atoms with van der Waals surface area (Å²) < 4.78 is 15.3. The van der Waals surface area contributed by atoms with Crippen molar-refractivity contribution in [2.45, 2.75) is 39.8 Å². The van der Waals surface area contributed by atoms with Crippen molar-refractivity contribution in [1.82, 2.24) is 20.0 Å². The van der Waals surface area contributed by atoms with Gasteiger partial charge < -0.3 is 10.2 Å². The smallest absolute Gasteiger partial charge is 0.193 e. The van der Waals surface area contributed by atoms with Crippen LogP contribution >= 0.6 is 0 Å². The van der Waals surface area contributed by atoms with Crippen LogP contribution in [0, 0.1) is 5.82 Å². The molecule has 0 atom stereocenters. The van der Waals surface area contributed by atoms with Gasteiger partial charge >= 0.3 is 0 Å². The second-order valence-corrected chi connectivity index (χ2v) is 6.09. The Morgan fingerprint density at radius 2 is 2.08 bits per heavy atom. The van der Waals surface area contributed by atoms with Crippen LogP contribution in [0.5, 0.6) is 0 Å². The lowest BCUT2D eigenvalue weighted by atomic mass is 10.1. The summed E-state index contributed by atoms with van der Waals surface area (Å²) in [4.78, 5) is 6.34. The molecule has 1 aromatic heterocycles. The molecule has 1 heterocycles. The zero-order chi connectivity index (χ0) is 18.4. The third-order valence-corrected chi connectivity index (χ3v) is 4.33. The van der Waals surface area contributed by atoms with Crippen molar-refractivity contribution in [3.8, 4) is 0 Å². The zero-order valence-corrected chi connectivity index (χ0v) is 15.8. The summed E-state index contributed by atoms with van der Waals surface area (Å²) in [5, 5.41) is 8.02. The van der Waals surface area contributed by atoms with E-state index >= 15 is 0 Å². The molecule has 0 aliphatic rings. The summed E-state index contributed by atoms with van der Waals surface area (Å²) in [6, 6.07) is 6.65. The molecule has 0 bridgehead atoms. The molecule has 2 rings (SSSR count). The van der Waals surface area contributed by atoms with E-state index in [-0.39, 0.29) is 5.82 Å². The monoisotopic (exact) mass is 345 g/mol. The topological polar surface area (TPSA) is 45.5 Å². The molecule has 1 N–H and O–H groups in total. The SMILES string of the molecule is CCc1nn(C)c(CC)c1CNC(=NC)N(C)Cc1cccc(F)c1. The van der Waals surface area contributed by atoms with Gasteiger partial charge in [-0.05, 0) is 30.5 Å². The van der Waals surface area contributed by atoms with Gasteiger partial charge in [0.05, 0.1) is 5.69 Å². The molecule has 5 nitrogen and oxygen atoms in total. The minimum atomic E-state index is -0.218. The minimum Gasteiger partial charge on any atom is -0.352 e. The van der Waals surface area contributed by atoms with Crippen molar-refractivity contribution in [3.63, 3.8) is 0 Å². The Morgan fingerprint density at radius 3 is 2.68 bits per heavy atom. The van der Waals surface area contributed by atoms with Crippen LogP contribution in [-0.4, -0.2) is 34.7 Å². The third-order valence-electron chi connectivity index (χ3n) is 4.33. The number of halogens is 1. The van der Waals surface area contributed by atoms with Crippen LogP contribution in [-0.2, 0) is 33.0 Å². The summed E-state index contributed by atoms with van der Waals surface area (Å²) in [6.07, 6.45) is 1.85. The fraction of sp³-hybridized carbons (Fsp3) is 0.474. The molecule has 2 aromatic rings. The van der Waals surface area contributed by atoms with Crippen molar-refractivity contribution in [2.24, 2.45) is 12.0 Å². The highest BCUT2D eigenvalue weighted by Crippen LogP contribution is 2.15. The molecule has 0 spiro atoms. The largest absolute Gasteiger partial charge is 0.352 e. The summed E-state index contributed by atoms with van der Waals surface area (Å²) >= 11 is 0. The van der Waals surface area contributed by atoms with Gasteiger partial charge in [0.2, 0.25) is 0 Å². The number of nitrogens with zero attached hydrogens (tertiary/aromatic N) is 4. The highest BCUT2D eigenvalue weighted by molar-refractivity contribution is 5.79. The second-order valence-electron chi connectivity index (χ2n) is 6.09. The average molecular weight is 345 g/mol. The van der Waals surface area contributed by atoms with Gasteiger partial charge in [-0.15, -0.1) is 0 Å². The van der Waals surface area contributed by atoms with Gasteiger partial charge in [0.1, 0.15) is 5.82 Å². The molecule has 0 fully saturated rings. The summed E-state index contributed by atoms with van der Waals surface area (Å²) in [5.74, 6) is 0.557. The number of nitrogens with one attached hydrogen (secondary N) is 1. The highest BCUT2D eigenvalue weighted by atomic mass is 19.1. The summed E-state index contributed by atoms with van der Waals surface area (Å²) in [5.41, 5.74) is 4.52. The fourth-order valence-corrected chi connectivity index (χ4v) is 3.13. The average Bonchev–Trinajstić information content (AvgIpc) is 2.90. The maximum absolute atomic E-state index is 13.4. The molecule has 136 valence electrons. The minimum absolute atomic E-state index is 0.218. The first-order chi connectivity index (χ1) is 12.0. The van der Waals surface area contributed by atoms with Gasteiger partial charge in [0.25, 0.3) is 0 Å². The van der Waals surface area contributed by atoms with Crippen LogP contribution in [0.25, 0.3) is 0 Å². The first kappa shape index (κ1) is 19.0. The third kappa shape index (κ3) is 4.59. The highest BCUT2D eigenvalue weighted by Gasteiger charge is 2.15. The van der Waals surface area contributed by atoms with E-state index in [2.05, 4.69) is 29.3 Å². The predicted octanol–water partition coefficient (Wildman–Crippen LogP) is 2.89. The van der Waals surface area contributed by atoms with Gasteiger partial charge in [0, 0.05) is 45.5 Å². The molecule has 6 heteroatoms. The van der Waals surface area contributed by atoms with Gasteiger partial charge in [-0.25, -0.2) is 4.39 Å². The van der Waals surface area contributed by atoms with Crippen LogP contribution in [0.1, 0.15) is 36.4 Å². The van der Waals surface area contributed by atoms with E-state index < -0.39 is 0 Å². The van der Waals surface area contributed by atoms with Crippen LogP contribution in [0.3, 0.4) is 0 Å². The van der Waals surface area contributed by atoms with Gasteiger partial charge in [-0.3, -0.25) is 9.67 Å². The second kappa shape index (κ2) is 8.65. The van der Waals surface area contributed by atoms with Gasteiger partial charge in [-0.1, -0.05) is 26.0 Å². The van der Waals surface area contributed by atoms with Crippen molar-refractivity contribution >= 4 is 5.96 Å². The molecule has 0 amide bonds. The lowest BCUT2D eigenvalue weighted by Crippen LogP contribution is -2.38. The molecule has 0 unspecified atom stereocenters. The number of rotatable bonds is 6. The maximum Gasteiger partial charge on any atom is 0.193 e. The van der Waals surface area contributed by atoms with E-state index in [4.69, 9.17) is 0 Å². The molecule has 1 aromatic carbocycles. The molecule has 0 aliphatic carbocycles. The Hall–Kier alpha value is -2.37. The van der Waals surface area contributed by atoms with E-state index in [9.17, 15) is 4.39 Å². The predicted molar refractivity (Wildman–Crippen MR) is 100 cm³/mol. The van der Waals surface area contributed by atoms with E-state index in [1.165, 1.54) is 17.3 Å². The Kier molecular flexibility index (Phi) is 6.56. The lowest BCUT2D eigenvalue weighted by Gasteiger charge is -2.22. The van der Waals surface area contributed by atoms with E-state index in [1.807, 2.05) is 29.7 Å². The van der Waals surface area contributed by atoms with E-state index in [0.717, 1.165) is 30.1 Å². The molecular formula is C19H28FN5. The van der Waals surface area contributed by atoms with Crippen molar-refractivity contribution < 1.29 is 4.39 Å². The van der Waals surface area contributed by atoms with E-state index in [1.54, 1.807) is 19.2 Å². The zero-order valence-electron chi connectivity index (χ0n) is 15.8. The lowest BCUT2D eigenvalue weighted by molar-refractivity contribution is 0.474. The molecule has 25 heavy (non-hydrogen) atoms. The Balaban J connectivity index is 2.08. The Morgan fingerprint density at radius 1 is 1.32 bits per heavy atom. The van der Waals surface area contributed by atoms with Gasteiger partial charge in [0.15, 0.2) is 5.96 Å². The first-order valence-electron chi connectivity index (χ1n) is 8.69. The Labute approximate surface area is 149 Å². The number of aliphatic imine (C=N–C) groups is 1. The number of aryl methyl sites for hydroxylation is 2. The molecule has 0 saturated heterocycles. The number of hydrogen-bond acceptors (Lipinski definition) is 2. The molecule has 0 aliphatic heterocycles. The standard InChI is InChI=1S/C19H28FN5/c1-6-17-16(18(7-2)25(5)23-17)12-22-19(21-3)24(4)13-14-9-8-10-15(20)11-14/h8-11H,6-7,12-13H2,1-5H3,(H,21,22). The normalized spacial score (nSPS) is 11.7. The fourth-order valence-electron chi connectivity index (χ4n) is 3.13.